The van der Waals surface area contributed by atoms with E-state index in [2.05, 4.69) is 0 Å². The summed E-state index contributed by atoms with van der Waals surface area (Å²) >= 11 is 5.89. The van der Waals surface area contributed by atoms with Gasteiger partial charge in [-0.3, -0.25) is 4.90 Å². The summed E-state index contributed by atoms with van der Waals surface area (Å²) in [4.78, 5) is 1.67. The van der Waals surface area contributed by atoms with Gasteiger partial charge in [0.1, 0.15) is 10.7 Å². The lowest BCUT2D eigenvalue weighted by Gasteiger charge is -2.41. The first-order valence-corrected chi connectivity index (χ1v) is 10.6. The van der Waals surface area contributed by atoms with E-state index in [9.17, 15) is 21.2 Å². The smallest absolute Gasteiger partial charge is 0.244 e. The van der Waals surface area contributed by atoms with Crippen molar-refractivity contribution in [3.63, 3.8) is 0 Å². The largest absolute Gasteiger partial charge is 0.299 e. The summed E-state index contributed by atoms with van der Waals surface area (Å²) in [5, 5.41) is -0.207. The number of likely N-dealkylation sites (N-methyl/N-ethyl adjacent to an activating group) is 1. The van der Waals surface area contributed by atoms with E-state index in [1.165, 1.54) is 4.31 Å². The zero-order valence-corrected chi connectivity index (χ0v) is 14.7. The zero-order chi connectivity index (χ0) is 17.0. The molecule has 2 atom stereocenters. The lowest BCUT2D eigenvalue weighted by atomic mass is 10.1. The number of sulfone groups is 1. The van der Waals surface area contributed by atoms with E-state index in [0.29, 0.717) is 6.54 Å². The lowest BCUT2D eigenvalue weighted by molar-refractivity contribution is 0.121. The van der Waals surface area contributed by atoms with Gasteiger partial charge in [-0.1, -0.05) is 11.6 Å². The molecule has 0 spiro atoms. The van der Waals surface area contributed by atoms with Crippen molar-refractivity contribution < 1.29 is 21.2 Å². The average Bonchev–Trinajstić information content (AvgIpc) is 2.74. The number of hydrogen-bond donors (Lipinski definition) is 0. The minimum absolute atomic E-state index is 0.0582. The third kappa shape index (κ3) is 3.00. The average molecular weight is 383 g/mol. The van der Waals surface area contributed by atoms with Crippen molar-refractivity contribution in [2.45, 2.75) is 17.0 Å². The Morgan fingerprint density at radius 3 is 2.52 bits per heavy atom. The third-order valence-corrected chi connectivity index (χ3v) is 8.49. The molecular formula is C13H16ClFN2O4S2. The van der Waals surface area contributed by atoms with Gasteiger partial charge in [0.15, 0.2) is 9.84 Å². The Bertz CT molecular complexity index is 844. The van der Waals surface area contributed by atoms with Gasteiger partial charge in [-0.2, -0.15) is 4.31 Å². The maximum Gasteiger partial charge on any atom is 0.244 e. The predicted octanol–water partition coefficient (Wildman–Crippen LogP) is 0.581. The molecule has 2 aliphatic rings. The number of nitrogens with zero attached hydrogens (tertiary/aromatic N) is 2. The van der Waals surface area contributed by atoms with E-state index < -0.39 is 31.7 Å². The molecule has 0 aliphatic carbocycles. The summed E-state index contributed by atoms with van der Waals surface area (Å²) in [6, 6.07) is 2.06. The Kier molecular flexibility index (Phi) is 4.21. The molecule has 0 radical (unpaired) electrons. The first kappa shape index (κ1) is 17.1. The highest BCUT2D eigenvalue weighted by atomic mass is 35.5. The molecule has 0 amide bonds. The van der Waals surface area contributed by atoms with Crippen molar-refractivity contribution >= 4 is 31.5 Å². The summed E-state index contributed by atoms with van der Waals surface area (Å²) < 4.78 is 64.0. The van der Waals surface area contributed by atoms with Crippen LogP contribution in [0.5, 0.6) is 0 Å². The fourth-order valence-electron chi connectivity index (χ4n) is 3.20. The van der Waals surface area contributed by atoms with Gasteiger partial charge in [-0.25, -0.2) is 21.2 Å². The number of piperazine rings is 1. The number of hydrogen-bond acceptors (Lipinski definition) is 5. The van der Waals surface area contributed by atoms with E-state index >= 15 is 0 Å². The standard InChI is InChI=1S/C13H16ClFN2O4S2/c1-16-4-5-17(12-8-22(18,19)7-11(12)16)23(20,21)13-3-2-9(15)6-10(13)14/h2-3,6,11-12H,4-5,7-8H2,1H3/t11-,12+/m0/s1. The molecule has 0 bridgehead atoms. The highest BCUT2D eigenvalue weighted by Crippen LogP contribution is 2.33. The van der Waals surface area contributed by atoms with Crippen LogP contribution < -0.4 is 0 Å². The number of halogens is 2. The van der Waals surface area contributed by atoms with Crippen molar-refractivity contribution in [2.24, 2.45) is 0 Å². The van der Waals surface area contributed by atoms with Gasteiger partial charge in [-0.05, 0) is 25.2 Å². The molecule has 128 valence electrons. The van der Waals surface area contributed by atoms with Crippen molar-refractivity contribution in [2.75, 3.05) is 31.6 Å². The lowest BCUT2D eigenvalue weighted by Crippen LogP contribution is -2.59. The van der Waals surface area contributed by atoms with E-state index in [1.54, 1.807) is 7.05 Å². The molecule has 2 heterocycles. The third-order valence-electron chi connectivity index (χ3n) is 4.38. The van der Waals surface area contributed by atoms with Crippen LogP contribution in [0.2, 0.25) is 5.02 Å². The normalized spacial score (nSPS) is 28.7. The molecule has 1 aromatic rings. The molecule has 2 fully saturated rings. The van der Waals surface area contributed by atoms with Gasteiger partial charge in [0, 0.05) is 19.1 Å². The predicted molar refractivity (Wildman–Crippen MR) is 84.2 cm³/mol. The highest BCUT2D eigenvalue weighted by Gasteiger charge is 2.49. The molecular weight excluding hydrogens is 367 g/mol. The summed E-state index contributed by atoms with van der Waals surface area (Å²) in [6.45, 7) is 0.595. The molecule has 6 nitrogen and oxygen atoms in total. The minimum atomic E-state index is -3.99. The van der Waals surface area contributed by atoms with E-state index in [4.69, 9.17) is 11.6 Å². The van der Waals surface area contributed by atoms with Crippen LogP contribution >= 0.6 is 11.6 Å². The molecule has 2 aliphatic heterocycles. The van der Waals surface area contributed by atoms with E-state index in [0.717, 1.165) is 18.2 Å². The second kappa shape index (κ2) is 5.66. The van der Waals surface area contributed by atoms with Crippen molar-refractivity contribution in [3.05, 3.63) is 29.0 Å². The maximum absolute atomic E-state index is 13.2. The summed E-state index contributed by atoms with van der Waals surface area (Å²) in [7, 11) is -5.50. The molecule has 10 heteroatoms. The second-order valence-electron chi connectivity index (χ2n) is 5.88. The van der Waals surface area contributed by atoms with Crippen LogP contribution in [-0.4, -0.2) is 69.8 Å². The Hall–Kier alpha value is -0.740. The second-order valence-corrected chi connectivity index (χ2v) is 10.3. The van der Waals surface area contributed by atoms with Crippen LogP contribution in [0.25, 0.3) is 0 Å². The van der Waals surface area contributed by atoms with E-state index in [-0.39, 0.29) is 34.0 Å². The molecule has 0 N–H and O–H groups in total. The molecule has 0 unspecified atom stereocenters. The van der Waals surface area contributed by atoms with Crippen molar-refractivity contribution in [3.8, 4) is 0 Å². The Balaban J connectivity index is 2.03. The first-order valence-electron chi connectivity index (χ1n) is 6.99. The quantitative estimate of drug-likeness (QED) is 0.748. The topological polar surface area (TPSA) is 74.8 Å². The fraction of sp³-hybridized carbons (Fsp3) is 0.538. The molecule has 1 aromatic carbocycles. The maximum atomic E-state index is 13.2. The molecule has 0 saturated carbocycles. The van der Waals surface area contributed by atoms with Crippen LogP contribution in [0.1, 0.15) is 0 Å². The minimum Gasteiger partial charge on any atom is -0.299 e. The highest BCUT2D eigenvalue weighted by molar-refractivity contribution is 7.92. The molecule has 0 aromatic heterocycles. The van der Waals surface area contributed by atoms with Crippen LogP contribution in [0.3, 0.4) is 0 Å². The molecule has 3 rings (SSSR count). The summed E-state index contributed by atoms with van der Waals surface area (Å²) in [5.74, 6) is -0.897. The zero-order valence-electron chi connectivity index (χ0n) is 12.3. The van der Waals surface area contributed by atoms with E-state index in [1.807, 2.05) is 4.90 Å². The van der Waals surface area contributed by atoms with Crippen LogP contribution in [0.4, 0.5) is 4.39 Å². The SMILES string of the molecule is CN1CCN(S(=O)(=O)c2ccc(F)cc2Cl)[C@@H]2CS(=O)(=O)C[C@@H]21. The van der Waals surface area contributed by atoms with Gasteiger partial charge < -0.3 is 0 Å². The Morgan fingerprint density at radius 1 is 1.22 bits per heavy atom. The molecule has 2 saturated heterocycles. The van der Waals surface area contributed by atoms with Crippen LogP contribution in [-0.2, 0) is 19.9 Å². The van der Waals surface area contributed by atoms with Crippen LogP contribution in [0, 0.1) is 5.82 Å². The monoisotopic (exact) mass is 382 g/mol. The van der Waals surface area contributed by atoms with Crippen LogP contribution in [0.15, 0.2) is 23.1 Å². The Morgan fingerprint density at radius 2 is 1.87 bits per heavy atom. The van der Waals surface area contributed by atoms with Gasteiger partial charge in [0.25, 0.3) is 0 Å². The fourth-order valence-corrected chi connectivity index (χ4v) is 7.50. The number of benzene rings is 1. The summed E-state index contributed by atoms with van der Waals surface area (Å²) in [6.07, 6.45) is 0. The number of sulfonamides is 1. The number of fused-ring (bicyclic) bond motifs is 1. The first-order chi connectivity index (χ1) is 10.6. The Labute approximate surface area is 139 Å². The van der Waals surface area contributed by atoms with Gasteiger partial charge in [-0.15, -0.1) is 0 Å². The van der Waals surface area contributed by atoms with Gasteiger partial charge in [0.05, 0.1) is 22.6 Å². The summed E-state index contributed by atoms with van der Waals surface area (Å²) in [5.41, 5.74) is 0. The van der Waals surface area contributed by atoms with Gasteiger partial charge >= 0.3 is 0 Å². The van der Waals surface area contributed by atoms with Crippen molar-refractivity contribution in [1.29, 1.82) is 0 Å². The number of rotatable bonds is 2. The van der Waals surface area contributed by atoms with Gasteiger partial charge in [0.2, 0.25) is 10.0 Å². The molecule has 23 heavy (non-hydrogen) atoms. The van der Waals surface area contributed by atoms with Crippen molar-refractivity contribution in [1.82, 2.24) is 9.21 Å².